The van der Waals surface area contributed by atoms with Crippen LogP contribution >= 0.6 is 0 Å². The summed E-state index contributed by atoms with van der Waals surface area (Å²) in [7, 11) is 1.74. The van der Waals surface area contributed by atoms with Gasteiger partial charge in [0.1, 0.15) is 17.3 Å². The molecule has 3 aromatic rings. The van der Waals surface area contributed by atoms with Gasteiger partial charge in [-0.05, 0) is 48.4 Å². The van der Waals surface area contributed by atoms with E-state index in [1.165, 1.54) is 24.3 Å². The van der Waals surface area contributed by atoms with Gasteiger partial charge in [0.15, 0.2) is 0 Å². The maximum atomic E-state index is 13.7. The highest BCUT2D eigenvalue weighted by atomic mass is 19.1. The Labute approximate surface area is 186 Å². The van der Waals surface area contributed by atoms with Crippen molar-refractivity contribution in [3.05, 3.63) is 95.9 Å². The number of amides is 2. The first kappa shape index (κ1) is 21.3. The Morgan fingerprint density at radius 1 is 0.875 bits per heavy atom. The lowest BCUT2D eigenvalue weighted by molar-refractivity contribution is -0.120. The molecule has 2 amide bonds. The number of likely N-dealkylation sites (N-methyl/N-ethyl adjacent to an activating group) is 1. The number of imide groups is 1. The van der Waals surface area contributed by atoms with E-state index in [-0.39, 0.29) is 11.3 Å². The number of nitrogens with zero attached hydrogens (tertiary/aromatic N) is 2. The summed E-state index contributed by atoms with van der Waals surface area (Å²) in [6, 6.07) is 21.9. The van der Waals surface area contributed by atoms with Crippen molar-refractivity contribution in [3.63, 3.8) is 0 Å². The summed E-state index contributed by atoms with van der Waals surface area (Å²) >= 11 is 0. The van der Waals surface area contributed by atoms with Gasteiger partial charge in [-0.1, -0.05) is 49.4 Å². The van der Waals surface area contributed by atoms with E-state index in [2.05, 4.69) is 0 Å². The lowest BCUT2D eigenvalue weighted by atomic mass is 10.0. The Morgan fingerprint density at radius 3 is 2.22 bits per heavy atom. The van der Waals surface area contributed by atoms with Crippen LogP contribution in [0.3, 0.4) is 0 Å². The maximum Gasteiger partial charge on any atom is 0.282 e. The number of rotatable bonds is 7. The molecule has 0 unspecified atom stereocenters. The predicted molar refractivity (Wildman–Crippen MR) is 123 cm³/mol. The van der Waals surface area contributed by atoms with Gasteiger partial charge in [0.05, 0.1) is 17.9 Å². The predicted octanol–water partition coefficient (Wildman–Crippen LogP) is 5.04. The summed E-state index contributed by atoms with van der Waals surface area (Å²) < 4.78 is 19.4. The number of anilines is 2. The number of carbonyl (C=O) groups is 2. The highest BCUT2D eigenvalue weighted by Crippen LogP contribution is 2.39. The number of para-hydroxylation sites is 3. The second kappa shape index (κ2) is 9.06. The zero-order valence-corrected chi connectivity index (χ0v) is 17.9. The molecule has 1 heterocycles. The third-order valence-electron chi connectivity index (χ3n) is 5.24. The van der Waals surface area contributed by atoms with Crippen LogP contribution in [0.25, 0.3) is 5.57 Å². The Bertz CT molecular complexity index is 1170. The molecular weight excluding hydrogens is 407 g/mol. The number of halogens is 1. The first-order valence-corrected chi connectivity index (χ1v) is 10.4. The summed E-state index contributed by atoms with van der Waals surface area (Å²) in [5, 5.41) is 0. The zero-order valence-electron chi connectivity index (χ0n) is 17.9. The average Bonchev–Trinajstić information content (AvgIpc) is 3.08. The topological polar surface area (TPSA) is 49.9 Å². The molecular formula is C26H23FN2O3. The molecule has 0 saturated carbocycles. The summed E-state index contributed by atoms with van der Waals surface area (Å²) in [6.45, 7) is 2.44. The molecule has 5 nitrogen and oxygen atoms in total. The van der Waals surface area contributed by atoms with Crippen LogP contribution in [0.1, 0.15) is 18.9 Å². The van der Waals surface area contributed by atoms with Crippen LogP contribution in [-0.4, -0.2) is 25.5 Å². The minimum Gasteiger partial charge on any atom is -0.491 e. The van der Waals surface area contributed by atoms with Crippen LogP contribution in [0.5, 0.6) is 5.75 Å². The molecule has 0 fully saturated rings. The molecule has 0 aromatic heterocycles. The summed E-state index contributed by atoms with van der Waals surface area (Å²) in [5.74, 6) is -0.905. The Balaban J connectivity index is 1.85. The number of ether oxygens (including phenoxy) is 1. The van der Waals surface area contributed by atoms with E-state index >= 15 is 0 Å². The van der Waals surface area contributed by atoms with Crippen molar-refractivity contribution < 1.29 is 18.7 Å². The van der Waals surface area contributed by atoms with Crippen molar-refractivity contribution in [2.24, 2.45) is 0 Å². The fraction of sp³-hybridized carbons (Fsp3) is 0.154. The fourth-order valence-corrected chi connectivity index (χ4v) is 3.68. The normalized spacial score (nSPS) is 13.7. The molecule has 0 N–H and O–H groups in total. The minimum atomic E-state index is -0.480. The van der Waals surface area contributed by atoms with Gasteiger partial charge in [0.2, 0.25) is 0 Å². The van der Waals surface area contributed by atoms with Crippen LogP contribution in [0.15, 0.2) is 84.6 Å². The molecule has 0 spiro atoms. The fourth-order valence-electron chi connectivity index (χ4n) is 3.68. The number of carbonyl (C=O) groups excluding carboxylic acids is 2. The Hall–Kier alpha value is -3.93. The second-order valence-corrected chi connectivity index (χ2v) is 7.39. The van der Waals surface area contributed by atoms with Crippen LogP contribution < -0.4 is 14.5 Å². The van der Waals surface area contributed by atoms with E-state index in [1.807, 2.05) is 37.3 Å². The molecule has 1 aliphatic rings. The van der Waals surface area contributed by atoms with Gasteiger partial charge in [0.25, 0.3) is 11.8 Å². The molecule has 0 aliphatic carbocycles. The van der Waals surface area contributed by atoms with E-state index in [4.69, 9.17) is 4.74 Å². The van der Waals surface area contributed by atoms with E-state index in [0.29, 0.717) is 23.6 Å². The quantitative estimate of drug-likeness (QED) is 0.493. The molecule has 0 atom stereocenters. The SMILES string of the molecule is CCCOc1ccccc1N1C(=O)C(c2ccc(F)cc2)=C(N(C)c2ccccc2)C1=O. The van der Waals surface area contributed by atoms with Crippen molar-refractivity contribution in [1.82, 2.24) is 0 Å². The smallest absolute Gasteiger partial charge is 0.282 e. The van der Waals surface area contributed by atoms with Gasteiger partial charge >= 0.3 is 0 Å². The monoisotopic (exact) mass is 430 g/mol. The van der Waals surface area contributed by atoms with Gasteiger partial charge in [-0.2, -0.15) is 0 Å². The largest absolute Gasteiger partial charge is 0.491 e. The van der Waals surface area contributed by atoms with Crippen molar-refractivity contribution >= 4 is 28.8 Å². The number of hydrogen-bond acceptors (Lipinski definition) is 4. The van der Waals surface area contributed by atoms with Crippen LogP contribution in [-0.2, 0) is 9.59 Å². The van der Waals surface area contributed by atoms with Crippen molar-refractivity contribution in [2.45, 2.75) is 13.3 Å². The highest BCUT2D eigenvalue weighted by molar-refractivity contribution is 6.46. The number of benzene rings is 3. The van der Waals surface area contributed by atoms with Crippen molar-refractivity contribution in [2.75, 3.05) is 23.5 Å². The lowest BCUT2D eigenvalue weighted by Crippen LogP contribution is -2.34. The van der Waals surface area contributed by atoms with Gasteiger partial charge in [-0.15, -0.1) is 0 Å². The van der Waals surface area contributed by atoms with E-state index < -0.39 is 17.6 Å². The molecule has 6 heteroatoms. The Kier molecular flexibility index (Phi) is 6.03. The third kappa shape index (κ3) is 3.87. The minimum absolute atomic E-state index is 0.214. The van der Waals surface area contributed by atoms with E-state index in [0.717, 1.165) is 17.0 Å². The van der Waals surface area contributed by atoms with Crippen LogP contribution in [0.2, 0.25) is 0 Å². The molecule has 32 heavy (non-hydrogen) atoms. The van der Waals surface area contributed by atoms with E-state index in [9.17, 15) is 14.0 Å². The first-order chi connectivity index (χ1) is 15.5. The molecule has 0 bridgehead atoms. The Morgan fingerprint density at radius 2 is 1.53 bits per heavy atom. The summed E-state index contributed by atoms with van der Waals surface area (Å²) in [5.41, 5.74) is 2.04. The summed E-state index contributed by atoms with van der Waals surface area (Å²) in [4.78, 5) is 30.2. The standard InChI is InChI=1S/C26H23FN2O3/c1-3-17-32-22-12-8-7-11-21(22)29-25(30)23(18-13-15-19(27)16-14-18)24(26(29)31)28(2)20-9-5-4-6-10-20/h4-16H,3,17H2,1-2H3. The van der Waals surface area contributed by atoms with E-state index in [1.54, 1.807) is 36.2 Å². The first-order valence-electron chi connectivity index (χ1n) is 10.4. The maximum absolute atomic E-state index is 13.7. The third-order valence-corrected chi connectivity index (χ3v) is 5.24. The van der Waals surface area contributed by atoms with Crippen LogP contribution in [0.4, 0.5) is 15.8 Å². The molecule has 0 radical (unpaired) electrons. The van der Waals surface area contributed by atoms with Gasteiger partial charge in [-0.3, -0.25) is 9.59 Å². The second-order valence-electron chi connectivity index (χ2n) is 7.39. The van der Waals surface area contributed by atoms with Gasteiger partial charge in [0, 0.05) is 12.7 Å². The molecule has 3 aromatic carbocycles. The lowest BCUT2D eigenvalue weighted by Gasteiger charge is -2.22. The van der Waals surface area contributed by atoms with Crippen molar-refractivity contribution in [3.8, 4) is 5.75 Å². The zero-order chi connectivity index (χ0) is 22.7. The molecule has 162 valence electrons. The molecule has 1 aliphatic heterocycles. The van der Waals surface area contributed by atoms with Gasteiger partial charge < -0.3 is 9.64 Å². The van der Waals surface area contributed by atoms with Gasteiger partial charge in [-0.25, -0.2) is 9.29 Å². The molecule has 4 rings (SSSR count). The van der Waals surface area contributed by atoms with Crippen LogP contribution in [0, 0.1) is 5.82 Å². The molecule has 0 saturated heterocycles. The highest BCUT2D eigenvalue weighted by Gasteiger charge is 2.43. The van der Waals surface area contributed by atoms with Crippen molar-refractivity contribution in [1.29, 1.82) is 0 Å². The number of hydrogen-bond donors (Lipinski definition) is 0. The average molecular weight is 430 g/mol. The summed E-state index contributed by atoms with van der Waals surface area (Å²) in [6.07, 6.45) is 0.789.